The summed E-state index contributed by atoms with van der Waals surface area (Å²) < 4.78 is 23.5. The molecule has 0 bridgehead atoms. The van der Waals surface area contributed by atoms with Gasteiger partial charge in [0.1, 0.15) is 23.7 Å². The van der Waals surface area contributed by atoms with E-state index in [-0.39, 0.29) is 12.2 Å². The average molecular weight is 497 g/mol. The summed E-state index contributed by atoms with van der Waals surface area (Å²) in [4.78, 5) is 29.8. The lowest BCUT2D eigenvalue weighted by atomic mass is 10.2. The minimum absolute atomic E-state index is 0.372. The monoisotopic (exact) mass is 496 g/mol. The Bertz CT molecular complexity index is 976. The first-order valence-corrected chi connectivity index (χ1v) is 12.7. The lowest BCUT2D eigenvalue weighted by molar-refractivity contribution is -0.176. The van der Waals surface area contributed by atoms with E-state index in [4.69, 9.17) is 18.9 Å². The van der Waals surface area contributed by atoms with Crippen molar-refractivity contribution in [2.45, 2.75) is 52.1 Å². The molecule has 194 valence electrons. The third-order valence-corrected chi connectivity index (χ3v) is 6.71. The minimum Gasteiger partial charge on any atom is -0.485 e. The third kappa shape index (κ3) is 6.56. The van der Waals surface area contributed by atoms with Crippen LogP contribution in [-0.4, -0.2) is 85.4 Å². The summed E-state index contributed by atoms with van der Waals surface area (Å²) >= 11 is 0. The molecule has 0 saturated carbocycles. The minimum atomic E-state index is -1.000. The number of carbonyl (C=O) groups excluding carboxylic acids is 2. The molecule has 2 heterocycles. The highest BCUT2D eigenvalue weighted by Crippen LogP contribution is 2.24. The van der Waals surface area contributed by atoms with Crippen LogP contribution in [-0.2, 0) is 19.1 Å². The van der Waals surface area contributed by atoms with Crippen LogP contribution in [0.5, 0.6) is 11.5 Å². The van der Waals surface area contributed by atoms with Gasteiger partial charge in [-0.05, 0) is 62.3 Å². The summed E-state index contributed by atoms with van der Waals surface area (Å²) in [7, 11) is 0. The molecule has 2 aromatic rings. The topological polar surface area (TPSA) is 77.5 Å². The van der Waals surface area contributed by atoms with E-state index in [0.717, 1.165) is 24.2 Å². The average Bonchev–Trinajstić information content (AvgIpc) is 3.42. The van der Waals surface area contributed by atoms with E-state index in [9.17, 15) is 9.59 Å². The summed E-state index contributed by atoms with van der Waals surface area (Å²) in [6.07, 6.45) is -1.88. The van der Waals surface area contributed by atoms with Gasteiger partial charge in [0, 0.05) is 26.2 Å². The van der Waals surface area contributed by atoms with Crippen molar-refractivity contribution in [1.29, 1.82) is 0 Å². The largest absolute Gasteiger partial charge is 0.485 e. The summed E-state index contributed by atoms with van der Waals surface area (Å²) in [6, 6.07) is 15.5. The number of rotatable bonds is 8. The van der Waals surface area contributed by atoms with Crippen molar-refractivity contribution in [2.75, 3.05) is 39.3 Å². The molecule has 2 saturated heterocycles. The van der Waals surface area contributed by atoms with Gasteiger partial charge in [0.15, 0.2) is 12.2 Å². The Kier molecular flexibility index (Phi) is 8.48. The Balaban J connectivity index is 1.38. The number of likely N-dealkylation sites (N-methyl/N-ethyl adjacent to an activating group) is 2. The van der Waals surface area contributed by atoms with Gasteiger partial charge < -0.3 is 18.9 Å². The zero-order chi connectivity index (χ0) is 25.7. The molecule has 0 spiro atoms. The van der Waals surface area contributed by atoms with Gasteiger partial charge in [-0.1, -0.05) is 38.1 Å². The number of nitrogens with zero attached hydrogens (tertiary/aromatic N) is 2. The number of benzene rings is 2. The molecular formula is C28H36N2O6. The van der Waals surface area contributed by atoms with Crippen LogP contribution in [0, 0.1) is 13.8 Å². The second-order valence-corrected chi connectivity index (χ2v) is 9.54. The second kappa shape index (κ2) is 11.8. The Morgan fingerprint density at radius 2 is 1.08 bits per heavy atom. The fraction of sp³-hybridized carbons (Fsp3) is 0.500. The first-order valence-electron chi connectivity index (χ1n) is 12.7. The maximum Gasteiger partial charge on any atom is 0.417 e. The molecule has 2 aromatic carbocycles. The molecule has 2 aliphatic rings. The number of carbonyl (C=O) groups is 2. The lowest BCUT2D eigenvalue weighted by Gasteiger charge is -2.22. The Hall–Kier alpha value is -3.10. The van der Waals surface area contributed by atoms with Crippen LogP contribution in [0.25, 0.3) is 0 Å². The Labute approximate surface area is 213 Å². The molecule has 2 fully saturated rings. The molecule has 36 heavy (non-hydrogen) atoms. The zero-order valence-electron chi connectivity index (χ0n) is 21.5. The summed E-state index contributed by atoms with van der Waals surface area (Å²) in [6.45, 7) is 11.9. The number of hydrogen-bond acceptors (Lipinski definition) is 8. The predicted molar refractivity (Wildman–Crippen MR) is 135 cm³/mol. The van der Waals surface area contributed by atoms with Crippen molar-refractivity contribution in [3.05, 3.63) is 59.7 Å². The normalized spacial score (nSPS) is 24.4. The van der Waals surface area contributed by atoms with Crippen molar-refractivity contribution < 1.29 is 28.5 Å². The van der Waals surface area contributed by atoms with E-state index in [0.29, 0.717) is 37.7 Å². The van der Waals surface area contributed by atoms with Gasteiger partial charge in [-0.2, -0.15) is 0 Å². The van der Waals surface area contributed by atoms with E-state index in [1.807, 2.05) is 76.2 Å². The number of esters is 2. The van der Waals surface area contributed by atoms with E-state index < -0.39 is 24.1 Å². The molecule has 0 aliphatic carbocycles. The van der Waals surface area contributed by atoms with Gasteiger partial charge in [-0.3, -0.25) is 9.80 Å². The van der Waals surface area contributed by atoms with Gasteiger partial charge >= 0.3 is 11.9 Å². The van der Waals surface area contributed by atoms with E-state index in [1.165, 1.54) is 0 Å². The molecule has 0 N–H and O–H groups in total. The van der Waals surface area contributed by atoms with Crippen LogP contribution in [0.2, 0.25) is 0 Å². The van der Waals surface area contributed by atoms with Crippen LogP contribution >= 0.6 is 0 Å². The van der Waals surface area contributed by atoms with Crippen LogP contribution in [0.4, 0.5) is 0 Å². The molecule has 0 radical (unpaired) electrons. The van der Waals surface area contributed by atoms with Crippen LogP contribution in [0.1, 0.15) is 25.0 Å². The smallest absolute Gasteiger partial charge is 0.417 e. The number of hydrogen-bond donors (Lipinski definition) is 0. The van der Waals surface area contributed by atoms with Gasteiger partial charge in [-0.25, -0.2) is 9.59 Å². The van der Waals surface area contributed by atoms with Crippen molar-refractivity contribution in [2.24, 2.45) is 0 Å². The maximum absolute atomic E-state index is 12.8. The molecule has 4 unspecified atom stereocenters. The van der Waals surface area contributed by atoms with E-state index in [2.05, 4.69) is 9.80 Å². The predicted octanol–water partition coefficient (Wildman–Crippen LogP) is 2.99. The van der Waals surface area contributed by atoms with Gasteiger partial charge in [0.25, 0.3) is 0 Å². The molecule has 0 aromatic heterocycles. The first-order chi connectivity index (χ1) is 17.3. The molecule has 0 amide bonds. The number of ether oxygens (including phenoxy) is 4. The molecule has 2 aliphatic heterocycles. The van der Waals surface area contributed by atoms with Crippen molar-refractivity contribution in [3.8, 4) is 11.5 Å². The number of likely N-dealkylation sites (tertiary alicyclic amines) is 2. The molecule has 4 rings (SSSR count). The van der Waals surface area contributed by atoms with Gasteiger partial charge in [0.05, 0.1) is 0 Å². The first kappa shape index (κ1) is 26.0. The summed E-state index contributed by atoms with van der Waals surface area (Å²) in [5.74, 6) is -0.577. The number of aryl methyl sites for hydroxylation is 2. The molecule has 8 nitrogen and oxygen atoms in total. The maximum atomic E-state index is 12.8. The molecule has 8 heteroatoms. The summed E-state index contributed by atoms with van der Waals surface area (Å²) in [5, 5.41) is 0. The van der Waals surface area contributed by atoms with Crippen molar-refractivity contribution >= 4 is 11.9 Å². The quantitative estimate of drug-likeness (QED) is 0.408. The standard InChI is InChI=1S/C28H36N2O6/c1-5-29-15-23(33-21-11-7-9-19(3)13-21)25(17-29)35-27(31)28(32)36-26-18-30(6-2)16-24(26)34-22-12-8-10-20(4)14-22/h7-14,23-26H,5-6,15-18H2,1-4H3. The zero-order valence-corrected chi connectivity index (χ0v) is 21.5. The van der Waals surface area contributed by atoms with Crippen LogP contribution < -0.4 is 9.47 Å². The highest BCUT2D eigenvalue weighted by molar-refractivity contribution is 6.29. The van der Waals surface area contributed by atoms with Crippen molar-refractivity contribution in [3.63, 3.8) is 0 Å². The van der Waals surface area contributed by atoms with Gasteiger partial charge in [0.2, 0.25) is 0 Å². The molecule has 4 atom stereocenters. The van der Waals surface area contributed by atoms with Crippen molar-refractivity contribution in [1.82, 2.24) is 9.80 Å². The fourth-order valence-corrected chi connectivity index (χ4v) is 4.70. The van der Waals surface area contributed by atoms with E-state index >= 15 is 0 Å². The highest BCUT2D eigenvalue weighted by atomic mass is 16.6. The van der Waals surface area contributed by atoms with Crippen LogP contribution in [0.3, 0.4) is 0 Å². The molecular weight excluding hydrogens is 460 g/mol. The SMILES string of the molecule is CCN1CC(OC(=O)C(=O)OC2CN(CC)CC2Oc2cccc(C)c2)C(Oc2cccc(C)c2)C1. The van der Waals surface area contributed by atoms with Gasteiger partial charge in [-0.15, -0.1) is 0 Å². The van der Waals surface area contributed by atoms with E-state index in [1.54, 1.807) is 0 Å². The van der Waals surface area contributed by atoms with Crippen LogP contribution in [0.15, 0.2) is 48.5 Å². The summed E-state index contributed by atoms with van der Waals surface area (Å²) in [5.41, 5.74) is 2.16. The Morgan fingerprint density at radius 3 is 1.44 bits per heavy atom. The second-order valence-electron chi connectivity index (χ2n) is 9.54. The fourth-order valence-electron chi connectivity index (χ4n) is 4.70. The third-order valence-electron chi connectivity index (χ3n) is 6.71. The lowest BCUT2D eigenvalue weighted by Crippen LogP contribution is -2.40. The Morgan fingerprint density at radius 1 is 0.694 bits per heavy atom. The highest BCUT2D eigenvalue weighted by Gasteiger charge is 2.41.